The van der Waals surface area contributed by atoms with Crippen LogP contribution in [-0.4, -0.2) is 44.9 Å². The Balaban J connectivity index is 1.26. The van der Waals surface area contributed by atoms with Gasteiger partial charge >= 0.3 is 0 Å². The molecule has 2 aliphatic rings. The van der Waals surface area contributed by atoms with Crippen LogP contribution in [0.3, 0.4) is 0 Å². The summed E-state index contributed by atoms with van der Waals surface area (Å²) in [6.07, 6.45) is 4.82. The second kappa shape index (κ2) is 9.18. The highest BCUT2D eigenvalue weighted by Gasteiger charge is 2.33. The minimum Gasteiger partial charge on any atom is -0.492 e. The zero-order valence-electron chi connectivity index (χ0n) is 17.0. The van der Waals surface area contributed by atoms with Crippen molar-refractivity contribution in [3.63, 3.8) is 0 Å². The zero-order valence-corrected chi connectivity index (χ0v) is 17.9. The Morgan fingerprint density at radius 1 is 1.07 bits per heavy atom. The van der Waals surface area contributed by atoms with Gasteiger partial charge in [0.25, 0.3) is 0 Å². The molecule has 6 nitrogen and oxygen atoms in total. The van der Waals surface area contributed by atoms with Gasteiger partial charge in [-0.25, -0.2) is 8.42 Å². The molecule has 0 bridgehead atoms. The second-order valence-electron chi connectivity index (χ2n) is 7.94. The largest absolute Gasteiger partial charge is 0.492 e. The van der Waals surface area contributed by atoms with Crippen molar-refractivity contribution in [1.82, 2.24) is 9.62 Å². The van der Waals surface area contributed by atoms with E-state index in [2.05, 4.69) is 17.4 Å². The summed E-state index contributed by atoms with van der Waals surface area (Å²) in [5.41, 5.74) is 2.77. The van der Waals surface area contributed by atoms with Crippen LogP contribution in [0.1, 0.15) is 30.4 Å². The van der Waals surface area contributed by atoms with E-state index in [1.165, 1.54) is 21.9 Å². The van der Waals surface area contributed by atoms with E-state index in [-0.39, 0.29) is 23.3 Å². The molecule has 0 radical (unpaired) electrons. The van der Waals surface area contributed by atoms with Crippen LogP contribution in [0.5, 0.6) is 5.75 Å². The van der Waals surface area contributed by atoms with E-state index >= 15 is 0 Å². The highest BCUT2D eigenvalue weighted by atomic mass is 32.2. The molecule has 1 heterocycles. The Kier molecular flexibility index (Phi) is 6.39. The number of benzene rings is 2. The number of aryl methyl sites for hydroxylation is 2. The molecule has 1 amide bonds. The third-order valence-corrected chi connectivity index (χ3v) is 7.76. The molecular weight excluding hydrogens is 400 g/mol. The van der Waals surface area contributed by atoms with Crippen molar-refractivity contribution >= 4 is 15.9 Å². The number of fused-ring (bicyclic) bond motifs is 1. The standard InChI is InChI=1S/C23H28N2O4S/c26-23(24-13-15-29-21-12-11-18-6-4-7-19(18)16-21)20-8-5-14-25(17-20)30(27,28)22-9-2-1-3-10-22/h1-3,9-12,16,20H,4-8,13-15,17H2,(H,24,26). The van der Waals surface area contributed by atoms with Gasteiger partial charge < -0.3 is 10.1 Å². The molecule has 7 heteroatoms. The Morgan fingerprint density at radius 2 is 1.87 bits per heavy atom. The van der Waals surface area contributed by atoms with Crippen molar-refractivity contribution in [3.8, 4) is 5.75 Å². The monoisotopic (exact) mass is 428 g/mol. The number of hydrogen-bond acceptors (Lipinski definition) is 4. The topological polar surface area (TPSA) is 75.7 Å². The smallest absolute Gasteiger partial charge is 0.243 e. The molecule has 2 aromatic carbocycles. The lowest BCUT2D eigenvalue weighted by atomic mass is 9.99. The van der Waals surface area contributed by atoms with E-state index < -0.39 is 10.0 Å². The summed E-state index contributed by atoms with van der Waals surface area (Å²) in [7, 11) is -3.57. The Hall–Kier alpha value is -2.38. The van der Waals surface area contributed by atoms with Crippen LogP contribution in [0.4, 0.5) is 0 Å². The highest BCUT2D eigenvalue weighted by Crippen LogP contribution is 2.26. The number of nitrogens with zero attached hydrogens (tertiary/aromatic N) is 1. The fourth-order valence-corrected chi connectivity index (χ4v) is 5.79. The minimum atomic E-state index is -3.57. The molecule has 0 spiro atoms. The maximum Gasteiger partial charge on any atom is 0.243 e. The van der Waals surface area contributed by atoms with Gasteiger partial charge in [-0.1, -0.05) is 24.3 Å². The van der Waals surface area contributed by atoms with Crippen LogP contribution in [-0.2, 0) is 27.7 Å². The fourth-order valence-electron chi connectivity index (χ4n) is 4.24. The summed E-state index contributed by atoms with van der Waals surface area (Å²) in [5.74, 6) is 0.389. The average Bonchev–Trinajstić information content (AvgIpc) is 3.25. The summed E-state index contributed by atoms with van der Waals surface area (Å²) < 4.78 is 32.9. The van der Waals surface area contributed by atoms with Crippen LogP contribution in [0.15, 0.2) is 53.4 Å². The van der Waals surface area contributed by atoms with Crippen LogP contribution < -0.4 is 10.1 Å². The fraction of sp³-hybridized carbons (Fsp3) is 0.435. The van der Waals surface area contributed by atoms with Gasteiger partial charge in [0.15, 0.2) is 0 Å². The van der Waals surface area contributed by atoms with E-state index in [0.29, 0.717) is 32.5 Å². The third kappa shape index (κ3) is 4.68. The lowest BCUT2D eigenvalue weighted by Crippen LogP contribution is -2.45. The minimum absolute atomic E-state index is 0.111. The molecule has 1 aliphatic carbocycles. The number of rotatable bonds is 7. The zero-order chi connectivity index (χ0) is 21.0. The number of nitrogens with one attached hydrogen (secondary N) is 1. The van der Waals surface area contributed by atoms with Crippen molar-refractivity contribution in [2.24, 2.45) is 5.92 Å². The number of carbonyl (C=O) groups excluding carboxylic acids is 1. The second-order valence-corrected chi connectivity index (χ2v) is 9.88. The molecule has 4 rings (SSSR count). The van der Waals surface area contributed by atoms with Crippen LogP contribution in [0.2, 0.25) is 0 Å². The predicted octanol–water partition coefficient (Wildman–Crippen LogP) is 2.77. The van der Waals surface area contributed by atoms with E-state index in [1.807, 2.05) is 6.07 Å². The highest BCUT2D eigenvalue weighted by molar-refractivity contribution is 7.89. The summed E-state index contributed by atoms with van der Waals surface area (Å²) >= 11 is 0. The summed E-state index contributed by atoms with van der Waals surface area (Å²) in [5, 5.41) is 2.90. The van der Waals surface area contributed by atoms with E-state index in [9.17, 15) is 13.2 Å². The first-order valence-corrected chi connectivity index (χ1v) is 12.1. The van der Waals surface area contributed by atoms with Crippen molar-refractivity contribution in [1.29, 1.82) is 0 Å². The number of ether oxygens (including phenoxy) is 1. The van der Waals surface area contributed by atoms with Crippen LogP contribution in [0, 0.1) is 5.92 Å². The van der Waals surface area contributed by atoms with Crippen molar-refractivity contribution in [3.05, 3.63) is 59.7 Å². The maximum absolute atomic E-state index is 12.8. The Labute approximate surface area is 178 Å². The lowest BCUT2D eigenvalue weighted by molar-refractivity contribution is -0.126. The Morgan fingerprint density at radius 3 is 2.70 bits per heavy atom. The predicted molar refractivity (Wildman–Crippen MR) is 115 cm³/mol. The van der Waals surface area contributed by atoms with Gasteiger partial charge in [-0.2, -0.15) is 4.31 Å². The molecule has 30 heavy (non-hydrogen) atoms. The van der Waals surface area contributed by atoms with E-state index in [4.69, 9.17) is 4.74 Å². The number of sulfonamides is 1. The first kappa shape index (κ1) is 20.9. The number of piperidine rings is 1. The summed E-state index contributed by atoms with van der Waals surface area (Å²) in [6, 6.07) is 14.6. The molecule has 0 aromatic heterocycles. The molecule has 0 saturated carbocycles. The molecule has 160 valence electrons. The first-order chi connectivity index (χ1) is 14.5. The maximum atomic E-state index is 12.8. The average molecular weight is 429 g/mol. The molecule has 1 fully saturated rings. The summed E-state index contributed by atoms with van der Waals surface area (Å²) in [6.45, 7) is 1.46. The SMILES string of the molecule is O=C(NCCOc1ccc2c(c1)CCC2)C1CCCN(S(=O)(=O)c2ccccc2)C1. The third-order valence-electron chi connectivity index (χ3n) is 5.88. The molecule has 1 N–H and O–H groups in total. The molecular formula is C23H28N2O4S. The van der Waals surface area contributed by atoms with Crippen LogP contribution in [0.25, 0.3) is 0 Å². The first-order valence-electron chi connectivity index (χ1n) is 10.6. The number of amides is 1. The number of hydrogen-bond donors (Lipinski definition) is 1. The molecule has 1 saturated heterocycles. The lowest BCUT2D eigenvalue weighted by Gasteiger charge is -2.31. The van der Waals surface area contributed by atoms with Gasteiger partial charge in [-0.15, -0.1) is 0 Å². The van der Waals surface area contributed by atoms with Crippen LogP contribution >= 0.6 is 0 Å². The molecule has 1 atom stereocenters. The Bertz CT molecular complexity index is 992. The quantitative estimate of drug-likeness (QED) is 0.688. The normalized spacial score (nSPS) is 19.3. The van der Waals surface area contributed by atoms with Gasteiger partial charge in [0.1, 0.15) is 12.4 Å². The van der Waals surface area contributed by atoms with Gasteiger partial charge in [0.2, 0.25) is 15.9 Å². The van der Waals surface area contributed by atoms with Crippen molar-refractivity contribution in [2.45, 2.75) is 37.0 Å². The summed E-state index contributed by atoms with van der Waals surface area (Å²) in [4.78, 5) is 12.9. The van der Waals surface area contributed by atoms with Crippen molar-refractivity contribution < 1.29 is 17.9 Å². The molecule has 1 aliphatic heterocycles. The number of carbonyl (C=O) groups is 1. The van der Waals surface area contributed by atoms with Crippen molar-refractivity contribution in [2.75, 3.05) is 26.2 Å². The van der Waals surface area contributed by atoms with Gasteiger partial charge in [-0.05, 0) is 67.5 Å². The van der Waals surface area contributed by atoms with E-state index in [0.717, 1.165) is 18.6 Å². The molecule has 1 unspecified atom stereocenters. The molecule has 2 aromatic rings. The van der Waals surface area contributed by atoms with E-state index in [1.54, 1.807) is 30.3 Å². The van der Waals surface area contributed by atoms with Gasteiger partial charge in [-0.3, -0.25) is 4.79 Å². The van der Waals surface area contributed by atoms with Gasteiger partial charge in [0, 0.05) is 13.1 Å². The van der Waals surface area contributed by atoms with Gasteiger partial charge in [0.05, 0.1) is 17.4 Å².